The maximum atomic E-state index is 13.3. The lowest BCUT2D eigenvalue weighted by atomic mass is 9.90. The molecule has 2 amide bonds. The van der Waals surface area contributed by atoms with Crippen molar-refractivity contribution in [2.75, 3.05) is 5.32 Å². The van der Waals surface area contributed by atoms with Crippen molar-refractivity contribution in [3.8, 4) is 0 Å². The molecule has 0 aliphatic carbocycles. The number of thiazole rings is 1. The summed E-state index contributed by atoms with van der Waals surface area (Å²) < 4.78 is 30.0. The molecule has 2 N–H and O–H groups in total. The molecule has 0 spiro atoms. The lowest BCUT2D eigenvalue weighted by Crippen LogP contribution is -2.44. The van der Waals surface area contributed by atoms with Gasteiger partial charge in [-0.25, -0.2) is 14.5 Å². The van der Waals surface area contributed by atoms with Gasteiger partial charge in [0.1, 0.15) is 5.01 Å². The number of aryl methyl sites for hydroxylation is 1. The number of carbonyl (C=O) groups excluding carboxylic acids is 1. The van der Waals surface area contributed by atoms with Crippen LogP contribution in [-0.2, 0) is 23.3 Å². The maximum absolute atomic E-state index is 13.3. The minimum atomic E-state index is -4.15. The van der Waals surface area contributed by atoms with Crippen molar-refractivity contribution in [3.63, 3.8) is 0 Å². The Kier molecular flexibility index (Phi) is 8.46. The van der Waals surface area contributed by atoms with Gasteiger partial charge in [0.2, 0.25) is 0 Å². The Morgan fingerprint density at radius 3 is 2.18 bits per heavy atom. The summed E-state index contributed by atoms with van der Waals surface area (Å²) in [6.07, 6.45) is 1.63. The zero-order valence-corrected chi connectivity index (χ0v) is 21.8. The van der Waals surface area contributed by atoms with E-state index in [9.17, 15) is 13.2 Å². The predicted octanol–water partition coefficient (Wildman–Crippen LogP) is 5.77. The van der Waals surface area contributed by atoms with Crippen LogP contribution >= 0.6 is 11.3 Å². The van der Waals surface area contributed by atoms with Crippen LogP contribution in [0.1, 0.15) is 66.8 Å². The molecule has 7 nitrogen and oxygen atoms in total. The fraction of sp³-hybridized carbons (Fsp3) is 0.360. The van der Waals surface area contributed by atoms with Crippen LogP contribution in [0.25, 0.3) is 0 Å². The van der Waals surface area contributed by atoms with Gasteiger partial charge in [-0.05, 0) is 35.4 Å². The number of nitrogens with zero attached hydrogens (tertiary/aromatic N) is 2. The quantitative estimate of drug-likeness (QED) is 0.390. The monoisotopic (exact) mass is 500 g/mol. The van der Waals surface area contributed by atoms with Crippen molar-refractivity contribution in [1.82, 2.24) is 14.0 Å². The van der Waals surface area contributed by atoms with Gasteiger partial charge in [-0.3, -0.25) is 0 Å². The summed E-state index contributed by atoms with van der Waals surface area (Å²) in [5.41, 5.74) is 4.52. The highest BCUT2D eigenvalue weighted by atomic mass is 32.2. The smallest absolute Gasteiger partial charge is 0.307 e. The van der Waals surface area contributed by atoms with Crippen LogP contribution in [0.3, 0.4) is 0 Å². The van der Waals surface area contributed by atoms with Crippen molar-refractivity contribution in [1.29, 1.82) is 0 Å². The van der Waals surface area contributed by atoms with Gasteiger partial charge >= 0.3 is 16.2 Å². The Bertz CT molecular complexity index is 1180. The molecular formula is C25H32N4O3S2. The number of aromatic nitrogens is 1. The minimum Gasteiger partial charge on any atom is -0.307 e. The molecule has 0 radical (unpaired) electrons. The third kappa shape index (κ3) is 6.65. The molecule has 0 saturated carbocycles. The van der Waals surface area contributed by atoms with Crippen LogP contribution in [0.4, 0.5) is 10.5 Å². The fourth-order valence-electron chi connectivity index (χ4n) is 3.71. The maximum Gasteiger partial charge on any atom is 0.333 e. The second-order valence-electron chi connectivity index (χ2n) is 8.87. The molecule has 0 aliphatic heterocycles. The van der Waals surface area contributed by atoms with E-state index in [2.05, 4.69) is 15.0 Å². The van der Waals surface area contributed by atoms with Gasteiger partial charge in [-0.2, -0.15) is 12.7 Å². The highest BCUT2D eigenvalue weighted by Gasteiger charge is 2.27. The Hall–Kier alpha value is -2.75. The molecule has 3 aromatic rings. The standard InChI is InChI=1S/C25H32N4O3S2/c1-17(2)21-13-19(5)14-22(18(3)4)24(21)27-25(30)28-34(31,32)29(16-23-26-11-12-33-23)15-20-9-7-6-8-10-20/h6-14,17-18H,15-16H2,1-5H3,(H2,27,28,30). The molecule has 0 fully saturated rings. The molecule has 1 heterocycles. The lowest BCUT2D eigenvalue weighted by Gasteiger charge is -2.24. The van der Waals surface area contributed by atoms with E-state index in [4.69, 9.17) is 0 Å². The lowest BCUT2D eigenvalue weighted by molar-refractivity contribution is 0.255. The topological polar surface area (TPSA) is 91.4 Å². The first-order chi connectivity index (χ1) is 16.1. The van der Waals surface area contributed by atoms with Gasteiger partial charge in [-0.1, -0.05) is 75.7 Å². The summed E-state index contributed by atoms with van der Waals surface area (Å²) in [6.45, 7) is 10.4. The number of rotatable bonds is 9. The Morgan fingerprint density at radius 1 is 1.03 bits per heavy atom. The van der Waals surface area contributed by atoms with E-state index >= 15 is 0 Å². The molecule has 0 aliphatic rings. The summed E-state index contributed by atoms with van der Waals surface area (Å²) >= 11 is 1.37. The number of urea groups is 1. The van der Waals surface area contributed by atoms with Crippen LogP contribution in [-0.4, -0.2) is 23.7 Å². The van der Waals surface area contributed by atoms with Crippen molar-refractivity contribution >= 4 is 33.3 Å². The van der Waals surface area contributed by atoms with Gasteiger partial charge in [0, 0.05) is 23.8 Å². The van der Waals surface area contributed by atoms with Crippen LogP contribution in [0, 0.1) is 6.92 Å². The van der Waals surface area contributed by atoms with Gasteiger partial charge in [0.05, 0.1) is 6.54 Å². The van der Waals surface area contributed by atoms with Crippen molar-refractivity contribution in [2.24, 2.45) is 0 Å². The minimum absolute atomic E-state index is 0.0637. The number of benzene rings is 2. The Labute approximate surface area is 206 Å². The molecule has 2 aromatic carbocycles. The molecular weight excluding hydrogens is 468 g/mol. The highest BCUT2D eigenvalue weighted by molar-refractivity contribution is 7.87. The molecule has 182 valence electrons. The van der Waals surface area contributed by atoms with Crippen LogP contribution in [0.2, 0.25) is 0 Å². The second kappa shape index (κ2) is 11.1. The van der Waals surface area contributed by atoms with Crippen molar-refractivity contribution in [2.45, 2.75) is 59.5 Å². The van der Waals surface area contributed by atoms with Crippen LogP contribution in [0.15, 0.2) is 54.0 Å². The van der Waals surface area contributed by atoms with Crippen molar-refractivity contribution in [3.05, 3.63) is 81.3 Å². The van der Waals surface area contributed by atoms with E-state index < -0.39 is 16.2 Å². The molecule has 9 heteroatoms. The molecule has 0 atom stereocenters. The fourth-order valence-corrected chi connectivity index (χ4v) is 5.45. The number of nitrogens with one attached hydrogen (secondary N) is 2. The summed E-state index contributed by atoms with van der Waals surface area (Å²) in [6, 6.07) is 12.5. The number of amides is 2. The molecule has 34 heavy (non-hydrogen) atoms. The van der Waals surface area contributed by atoms with Gasteiger partial charge in [0.25, 0.3) is 0 Å². The zero-order chi connectivity index (χ0) is 24.9. The number of hydrogen-bond donors (Lipinski definition) is 2. The normalized spacial score (nSPS) is 11.9. The molecule has 0 saturated heterocycles. The number of carbonyl (C=O) groups is 1. The number of anilines is 1. The summed E-state index contributed by atoms with van der Waals surface area (Å²) in [4.78, 5) is 17.2. The summed E-state index contributed by atoms with van der Waals surface area (Å²) in [5, 5.41) is 5.27. The molecule has 3 rings (SSSR count). The zero-order valence-electron chi connectivity index (χ0n) is 20.2. The van der Waals surface area contributed by atoms with E-state index in [0.717, 1.165) is 22.3 Å². The molecule has 0 unspecified atom stereocenters. The first-order valence-electron chi connectivity index (χ1n) is 11.2. The summed E-state index contributed by atoms with van der Waals surface area (Å²) in [5.74, 6) is 0.313. The Morgan fingerprint density at radius 2 is 1.65 bits per heavy atom. The Balaban J connectivity index is 1.87. The van der Waals surface area contributed by atoms with Crippen LogP contribution < -0.4 is 10.0 Å². The van der Waals surface area contributed by atoms with E-state index in [-0.39, 0.29) is 24.9 Å². The second-order valence-corrected chi connectivity index (χ2v) is 11.5. The van der Waals surface area contributed by atoms with E-state index in [1.54, 1.807) is 11.6 Å². The average molecular weight is 501 g/mol. The van der Waals surface area contributed by atoms with Crippen LogP contribution in [0.5, 0.6) is 0 Å². The third-order valence-corrected chi connectivity index (χ3v) is 7.53. The molecule has 0 bridgehead atoms. The van der Waals surface area contributed by atoms with Gasteiger partial charge in [-0.15, -0.1) is 11.3 Å². The first-order valence-corrected chi connectivity index (χ1v) is 13.5. The van der Waals surface area contributed by atoms with E-state index in [0.29, 0.717) is 10.7 Å². The molecule has 1 aromatic heterocycles. The average Bonchev–Trinajstić information content (AvgIpc) is 3.27. The van der Waals surface area contributed by atoms with Crippen molar-refractivity contribution < 1.29 is 13.2 Å². The summed E-state index contributed by atoms with van der Waals surface area (Å²) in [7, 11) is -4.15. The first kappa shape index (κ1) is 25.9. The predicted molar refractivity (Wildman–Crippen MR) is 138 cm³/mol. The largest absolute Gasteiger partial charge is 0.333 e. The third-order valence-electron chi connectivity index (χ3n) is 5.38. The van der Waals surface area contributed by atoms with E-state index in [1.165, 1.54) is 15.6 Å². The highest BCUT2D eigenvalue weighted by Crippen LogP contribution is 2.34. The van der Waals surface area contributed by atoms with E-state index in [1.807, 2.05) is 77.1 Å². The van der Waals surface area contributed by atoms with Gasteiger partial charge < -0.3 is 5.32 Å². The number of hydrogen-bond acceptors (Lipinski definition) is 5. The SMILES string of the molecule is Cc1cc(C(C)C)c(NC(=O)NS(=O)(=O)N(Cc2ccccc2)Cc2nccs2)c(C(C)C)c1. The van der Waals surface area contributed by atoms with Gasteiger partial charge in [0.15, 0.2) is 0 Å².